The maximum absolute atomic E-state index is 12.3. The van der Waals surface area contributed by atoms with E-state index in [9.17, 15) is 9.59 Å². The standard InChI is InChI=1S/C16H24N2O2/c1-5-17(15-9-7-6-8-10-15)16(20)11-12-18(13(2)3)14(4)19/h6-10,13H,5,11-12H2,1-4H3. The Bertz CT molecular complexity index is 443. The number of rotatable bonds is 6. The van der Waals surface area contributed by atoms with Crippen molar-refractivity contribution >= 4 is 17.5 Å². The maximum atomic E-state index is 12.3. The quantitative estimate of drug-likeness (QED) is 0.801. The van der Waals surface area contributed by atoms with Crippen LogP contribution in [0.2, 0.25) is 0 Å². The van der Waals surface area contributed by atoms with Gasteiger partial charge in [0.1, 0.15) is 0 Å². The molecule has 0 aromatic heterocycles. The monoisotopic (exact) mass is 276 g/mol. The largest absolute Gasteiger partial charge is 0.340 e. The van der Waals surface area contributed by atoms with E-state index in [-0.39, 0.29) is 17.9 Å². The molecule has 110 valence electrons. The zero-order chi connectivity index (χ0) is 15.1. The molecule has 0 saturated heterocycles. The molecule has 0 unspecified atom stereocenters. The molecule has 0 heterocycles. The molecule has 0 atom stereocenters. The lowest BCUT2D eigenvalue weighted by atomic mass is 10.2. The van der Waals surface area contributed by atoms with Crippen LogP contribution in [0.5, 0.6) is 0 Å². The van der Waals surface area contributed by atoms with Crippen LogP contribution in [0.4, 0.5) is 5.69 Å². The first kappa shape index (κ1) is 16.2. The molecule has 2 amide bonds. The van der Waals surface area contributed by atoms with Crippen molar-refractivity contribution in [3.8, 4) is 0 Å². The first-order valence-corrected chi connectivity index (χ1v) is 7.10. The van der Waals surface area contributed by atoms with Gasteiger partial charge in [-0.25, -0.2) is 0 Å². The first-order chi connectivity index (χ1) is 9.47. The van der Waals surface area contributed by atoms with Crippen molar-refractivity contribution in [2.24, 2.45) is 0 Å². The molecule has 1 aromatic carbocycles. The van der Waals surface area contributed by atoms with Crippen molar-refractivity contribution in [3.05, 3.63) is 30.3 Å². The Labute approximate surface area is 121 Å². The molecule has 1 aromatic rings. The third-order valence-electron chi connectivity index (χ3n) is 3.28. The number of nitrogens with zero attached hydrogens (tertiary/aromatic N) is 2. The molecule has 0 aliphatic carbocycles. The van der Waals surface area contributed by atoms with Gasteiger partial charge in [0, 0.05) is 38.2 Å². The molecule has 0 saturated carbocycles. The van der Waals surface area contributed by atoms with Crippen molar-refractivity contribution in [1.82, 2.24) is 4.90 Å². The van der Waals surface area contributed by atoms with Gasteiger partial charge in [-0.05, 0) is 32.9 Å². The average molecular weight is 276 g/mol. The van der Waals surface area contributed by atoms with Gasteiger partial charge in [0.15, 0.2) is 0 Å². The van der Waals surface area contributed by atoms with Gasteiger partial charge in [-0.3, -0.25) is 9.59 Å². The molecule has 0 bridgehead atoms. The molecule has 4 heteroatoms. The summed E-state index contributed by atoms with van der Waals surface area (Å²) in [4.78, 5) is 27.3. The third-order valence-corrected chi connectivity index (χ3v) is 3.28. The van der Waals surface area contributed by atoms with E-state index in [4.69, 9.17) is 0 Å². The van der Waals surface area contributed by atoms with Crippen molar-refractivity contribution in [3.63, 3.8) is 0 Å². The summed E-state index contributed by atoms with van der Waals surface area (Å²) in [7, 11) is 0. The summed E-state index contributed by atoms with van der Waals surface area (Å²) in [6.07, 6.45) is 0.348. The van der Waals surface area contributed by atoms with E-state index in [1.54, 1.807) is 16.7 Å². The number of amides is 2. The highest BCUT2D eigenvalue weighted by atomic mass is 16.2. The molecule has 4 nitrogen and oxygen atoms in total. The second kappa shape index (κ2) is 7.68. The van der Waals surface area contributed by atoms with E-state index < -0.39 is 0 Å². The molecule has 0 fully saturated rings. The highest BCUT2D eigenvalue weighted by Crippen LogP contribution is 2.14. The second-order valence-electron chi connectivity index (χ2n) is 5.03. The molecule has 0 radical (unpaired) electrons. The molecular weight excluding hydrogens is 252 g/mol. The lowest BCUT2D eigenvalue weighted by Gasteiger charge is -2.27. The van der Waals surface area contributed by atoms with Gasteiger partial charge < -0.3 is 9.80 Å². The Morgan fingerprint density at radius 1 is 1.15 bits per heavy atom. The van der Waals surface area contributed by atoms with Gasteiger partial charge in [-0.2, -0.15) is 0 Å². The summed E-state index contributed by atoms with van der Waals surface area (Å²) >= 11 is 0. The molecule has 0 spiro atoms. The zero-order valence-electron chi connectivity index (χ0n) is 12.8. The van der Waals surface area contributed by atoms with Crippen LogP contribution in [0.15, 0.2) is 30.3 Å². The molecule has 20 heavy (non-hydrogen) atoms. The number of anilines is 1. The third kappa shape index (κ3) is 4.37. The van der Waals surface area contributed by atoms with Crippen molar-refractivity contribution in [2.45, 2.75) is 40.2 Å². The fourth-order valence-corrected chi connectivity index (χ4v) is 2.24. The van der Waals surface area contributed by atoms with Crippen molar-refractivity contribution in [1.29, 1.82) is 0 Å². The van der Waals surface area contributed by atoms with E-state index in [1.807, 2.05) is 51.1 Å². The molecular formula is C16H24N2O2. The van der Waals surface area contributed by atoms with Crippen LogP contribution in [-0.2, 0) is 9.59 Å². The average Bonchev–Trinajstić information content (AvgIpc) is 2.40. The first-order valence-electron chi connectivity index (χ1n) is 7.10. The highest BCUT2D eigenvalue weighted by molar-refractivity contribution is 5.93. The van der Waals surface area contributed by atoms with E-state index in [1.165, 1.54) is 0 Å². The van der Waals surface area contributed by atoms with E-state index in [0.29, 0.717) is 19.5 Å². The van der Waals surface area contributed by atoms with E-state index >= 15 is 0 Å². The molecule has 1 rings (SSSR count). The normalized spacial score (nSPS) is 10.4. The number of benzene rings is 1. The van der Waals surface area contributed by atoms with Crippen LogP contribution in [-0.4, -0.2) is 35.8 Å². The summed E-state index contributed by atoms with van der Waals surface area (Å²) in [6, 6.07) is 9.73. The van der Waals surface area contributed by atoms with E-state index in [0.717, 1.165) is 5.69 Å². The Morgan fingerprint density at radius 2 is 1.75 bits per heavy atom. The Balaban J connectivity index is 2.67. The summed E-state index contributed by atoms with van der Waals surface area (Å²) in [6.45, 7) is 8.51. The Kier molecular flexibility index (Phi) is 6.22. The zero-order valence-corrected chi connectivity index (χ0v) is 12.8. The van der Waals surface area contributed by atoms with Gasteiger partial charge in [0.25, 0.3) is 0 Å². The topological polar surface area (TPSA) is 40.6 Å². The summed E-state index contributed by atoms with van der Waals surface area (Å²) < 4.78 is 0. The number of hydrogen-bond acceptors (Lipinski definition) is 2. The summed E-state index contributed by atoms with van der Waals surface area (Å²) in [5.74, 6) is 0.0566. The summed E-state index contributed by atoms with van der Waals surface area (Å²) in [5, 5.41) is 0. The molecule has 0 aliphatic heterocycles. The van der Waals surface area contributed by atoms with Gasteiger partial charge in [-0.1, -0.05) is 18.2 Å². The van der Waals surface area contributed by atoms with Crippen LogP contribution >= 0.6 is 0 Å². The van der Waals surface area contributed by atoms with Gasteiger partial charge in [0.05, 0.1) is 0 Å². The SMILES string of the molecule is CCN(C(=O)CCN(C(C)=O)C(C)C)c1ccccc1. The molecule has 0 N–H and O–H groups in total. The maximum Gasteiger partial charge on any atom is 0.228 e. The lowest BCUT2D eigenvalue weighted by Crippen LogP contribution is -2.39. The van der Waals surface area contributed by atoms with Crippen LogP contribution in [0.3, 0.4) is 0 Å². The second-order valence-corrected chi connectivity index (χ2v) is 5.03. The van der Waals surface area contributed by atoms with Crippen LogP contribution < -0.4 is 4.90 Å². The predicted molar refractivity (Wildman–Crippen MR) is 81.6 cm³/mol. The fraction of sp³-hybridized carbons (Fsp3) is 0.500. The highest BCUT2D eigenvalue weighted by Gasteiger charge is 2.18. The smallest absolute Gasteiger partial charge is 0.228 e. The van der Waals surface area contributed by atoms with E-state index in [2.05, 4.69) is 0 Å². The summed E-state index contributed by atoms with van der Waals surface area (Å²) in [5.41, 5.74) is 0.902. The Morgan fingerprint density at radius 3 is 2.20 bits per heavy atom. The Hall–Kier alpha value is -1.84. The molecule has 0 aliphatic rings. The predicted octanol–water partition coefficient (Wildman–Crippen LogP) is 2.69. The fourth-order valence-electron chi connectivity index (χ4n) is 2.24. The van der Waals surface area contributed by atoms with Crippen LogP contribution in [0, 0.1) is 0 Å². The van der Waals surface area contributed by atoms with Gasteiger partial charge >= 0.3 is 0 Å². The minimum Gasteiger partial charge on any atom is -0.340 e. The number of carbonyl (C=O) groups is 2. The van der Waals surface area contributed by atoms with Gasteiger partial charge in [-0.15, -0.1) is 0 Å². The van der Waals surface area contributed by atoms with Crippen molar-refractivity contribution in [2.75, 3.05) is 18.0 Å². The van der Waals surface area contributed by atoms with Crippen LogP contribution in [0.25, 0.3) is 0 Å². The number of hydrogen-bond donors (Lipinski definition) is 0. The van der Waals surface area contributed by atoms with Gasteiger partial charge in [0.2, 0.25) is 11.8 Å². The number of para-hydroxylation sites is 1. The lowest BCUT2D eigenvalue weighted by molar-refractivity contribution is -0.131. The minimum atomic E-state index is 0.00978. The number of carbonyl (C=O) groups excluding carboxylic acids is 2. The minimum absolute atomic E-state index is 0.00978. The van der Waals surface area contributed by atoms with Crippen molar-refractivity contribution < 1.29 is 9.59 Å². The van der Waals surface area contributed by atoms with Crippen LogP contribution in [0.1, 0.15) is 34.1 Å².